The van der Waals surface area contributed by atoms with Crippen LogP contribution in [0.5, 0.6) is 0 Å². The lowest BCUT2D eigenvalue weighted by atomic mass is 9.45. The molecule has 0 aromatic carbocycles. The van der Waals surface area contributed by atoms with Gasteiger partial charge in [-0.15, -0.1) is 0 Å². The average Bonchev–Trinajstić information content (AvgIpc) is 2.83. The predicted octanol–water partition coefficient (Wildman–Crippen LogP) is 2.91. The van der Waals surface area contributed by atoms with Crippen LogP contribution in [-0.2, 0) is 4.79 Å². The van der Waals surface area contributed by atoms with Crippen LogP contribution in [0.25, 0.3) is 0 Å². The second-order valence-corrected chi connectivity index (χ2v) is 10.5. The third kappa shape index (κ3) is 2.79. The quantitative estimate of drug-likeness (QED) is 0.721. The van der Waals surface area contributed by atoms with Crippen LogP contribution in [0.2, 0.25) is 0 Å². The van der Waals surface area contributed by atoms with Crippen molar-refractivity contribution in [2.75, 3.05) is 6.54 Å². The van der Waals surface area contributed by atoms with E-state index in [1.165, 1.54) is 19.3 Å². The minimum Gasteiger partial charge on any atom is -0.393 e. The highest BCUT2D eigenvalue weighted by atomic mass is 16.3. The highest BCUT2D eigenvalue weighted by molar-refractivity contribution is 5.77. The van der Waals surface area contributed by atoms with E-state index < -0.39 is 0 Å². The Morgan fingerprint density at radius 2 is 1.73 bits per heavy atom. The van der Waals surface area contributed by atoms with Crippen LogP contribution in [0.15, 0.2) is 0 Å². The first-order valence-corrected chi connectivity index (χ1v) is 10.8. The van der Waals surface area contributed by atoms with Crippen LogP contribution in [-0.4, -0.2) is 40.8 Å². The SMILES string of the molecule is CC(=O)CN[C@H]1[C@H](O)C[C@H]2[C@@H]3CC[C@H]4C[C@@H](O)CC[C@]4(C)[C@H]3CC[C@@]21C. The number of aliphatic hydroxyl groups is 2. The van der Waals surface area contributed by atoms with Crippen LogP contribution < -0.4 is 5.32 Å². The molecule has 4 saturated carbocycles. The summed E-state index contributed by atoms with van der Waals surface area (Å²) in [5, 5.41) is 24.4. The van der Waals surface area contributed by atoms with E-state index in [0.717, 1.165) is 38.0 Å². The van der Waals surface area contributed by atoms with E-state index in [1.54, 1.807) is 6.92 Å². The van der Waals surface area contributed by atoms with Crippen molar-refractivity contribution in [1.82, 2.24) is 5.32 Å². The number of Topliss-reactive ketones (excluding diaryl/α,β-unsaturated/α-hetero) is 1. The Kier molecular flexibility index (Phi) is 4.77. The number of rotatable bonds is 3. The van der Waals surface area contributed by atoms with E-state index in [1.807, 2.05) is 0 Å². The van der Waals surface area contributed by atoms with Gasteiger partial charge < -0.3 is 15.5 Å². The molecule has 0 heterocycles. The number of carbonyl (C=O) groups excluding carboxylic acids is 1. The third-order valence-electron chi connectivity index (χ3n) is 9.24. The lowest BCUT2D eigenvalue weighted by Gasteiger charge is -2.60. The Morgan fingerprint density at radius 1 is 1.00 bits per heavy atom. The molecule has 0 aromatic rings. The summed E-state index contributed by atoms with van der Waals surface area (Å²) in [5.41, 5.74) is 0.479. The van der Waals surface area contributed by atoms with Gasteiger partial charge in [0.1, 0.15) is 5.78 Å². The van der Waals surface area contributed by atoms with Crippen LogP contribution in [0.1, 0.15) is 72.1 Å². The van der Waals surface area contributed by atoms with Crippen LogP contribution in [0, 0.1) is 34.5 Å². The number of aliphatic hydroxyl groups excluding tert-OH is 2. The molecule has 4 heteroatoms. The molecule has 26 heavy (non-hydrogen) atoms. The minimum absolute atomic E-state index is 0.0519. The van der Waals surface area contributed by atoms with Crippen molar-refractivity contribution in [3.8, 4) is 0 Å². The van der Waals surface area contributed by atoms with E-state index in [9.17, 15) is 15.0 Å². The Labute approximate surface area is 158 Å². The molecule has 4 aliphatic carbocycles. The second-order valence-electron chi connectivity index (χ2n) is 10.5. The van der Waals surface area contributed by atoms with E-state index in [2.05, 4.69) is 19.2 Å². The molecule has 0 unspecified atom stereocenters. The van der Waals surface area contributed by atoms with Crippen molar-refractivity contribution in [2.24, 2.45) is 34.5 Å². The summed E-state index contributed by atoms with van der Waals surface area (Å²) in [4.78, 5) is 11.5. The van der Waals surface area contributed by atoms with E-state index in [-0.39, 0.29) is 29.4 Å². The molecule has 0 amide bonds. The standard InChI is InChI=1S/C22H37NO3/c1-13(24)12-23-20-19(26)11-18-16-5-4-14-10-15(25)6-8-21(14,2)17(16)7-9-22(18,20)3/h14-20,23,25-26H,4-12H2,1-3H3/t14-,15-,16+,17-,18-,19+,20-,21-,22-/m0/s1. The Morgan fingerprint density at radius 3 is 2.46 bits per heavy atom. The molecular weight excluding hydrogens is 326 g/mol. The number of nitrogens with one attached hydrogen (secondary N) is 1. The maximum Gasteiger partial charge on any atom is 0.143 e. The molecule has 148 valence electrons. The minimum atomic E-state index is -0.332. The topological polar surface area (TPSA) is 69.6 Å². The zero-order valence-corrected chi connectivity index (χ0v) is 16.7. The number of hydrogen-bond donors (Lipinski definition) is 3. The van der Waals surface area contributed by atoms with Crippen molar-refractivity contribution in [3.63, 3.8) is 0 Å². The van der Waals surface area contributed by atoms with Gasteiger partial charge in [-0.25, -0.2) is 0 Å². The lowest BCUT2D eigenvalue weighted by Crippen LogP contribution is -2.56. The molecule has 9 atom stereocenters. The van der Waals surface area contributed by atoms with Gasteiger partial charge in [-0.1, -0.05) is 13.8 Å². The summed E-state index contributed by atoms with van der Waals surface area (Å²) in [6.45, 7) is 6.85. The van der Waals surface area contributed by atoms with Crippen molar-refractivity contribution in [3.05, 3.63) is 0 Å². The fourth-order valence-corrected chi connectivity index (χ4v) is 7.87. The fourth-order valence-electron chi connectivity index (χ4n) is 7.87. The zero-order chi connectivity index (χ0) is 18.7. The zero-order valence-electron chi connectivity index (χ0n) is 16.7. The molecule has 0 saturated heterocycles. The molecule has 4 nitrogen and oxygen atoms in total. The smallest absolute Gasteiger partial charge is 0.143 e. The highest BCUT2D eigenvalue weighted by Gasteiger charge is 2.62. The molecule has 4 aliphatic rings. The first-order valence-electron chi connectivity index (χ1n) is 10.8. The lowest BCUT2D eigenvalue weighted by molar-refractivity contribution is -0.124. The molecular formula is C22H37NO3. The Hall–Kier alpha value is -0.450. The molecule has 0 bridgehead atoms. The molecule has 3 N–H and O–H groups in total. The van der Waals surface area contributed by atoms with Crippen molar-refractivity contribution >= 4 is 5.78 Å². The van der Waals surface area contributed by atoms with Crippen molar-refractivity contribution in [2.45, 2.75) is 90.4 Å². The normalized spacial score (nSPS) is 53.5. The third-order valence-corrected chi connectivity index (χ3v) is 9.24. The number of ketones is 1. The summed E-state index contributed by atoms with van der Waals surface area (Å²) in [6, 6.07) is 0.0519. The first-order chi connectivity index (χ1) is 12.3. The Bertz CT molecular complexity index is 566. The molecule has 4 rings (SSSR count). The van der Waals surface area contributed by atoms with Gasteiger partial charge in [0.15, 0.2) is 0 Å². The predicted molar refractivity (Wildman–Crippen MR) is 102 cm³/mol. The van der Waals surface area contributed by atoms with Crippen LogP contribution in [0.4, 0.5) is 0 Å². The van der Waals surface area contributed by atoms with Gasteiger partial charge in [0.05, 0.1) is 18.8 Å². The maximum atomic E-state index is 11.5. The highest BCUT2D eigenvalue weighted by Crippen LogP contribution is 2.66. The molecule has 4 fully saturated rings. The van der Waals surface area contributed by atoms with Crippen molar-refractivity contribution in [1.29, 1.82) is 0 Å². The van der Waals surface area contributed by atoms with E-state index in [0.29, 0.717) is 29.7 Å². The van der Waals surface area contributed by atoms with Gasteiger partial charge in [0, 0.05) is 6.04 Å². The first kappa shape index (κ1) is 18.9. The van der Waals surface area contributed by atoms with Gasteiger partial charge in [0.2, 0.25) is 0 Å². The van der Waals surface area contributed by atoms with E-state index in [4.69, 9.17) is 0 Å². The number of carbonyl (C=O) groups is 1. The van der Waals surface area contributed by atoms with Crippen molar-refractivity contribution < 1.29 is 15.0 Å². The summed E-state index contributed by atoms with van der Waals surface area (Å²) < 4.78 is 0. The van der Waals surface area contributed by atoms with Gasteiger partial charge in [0.25, 0.3) is 0 Å². The van der Waals surface area contributed by atoms with Crippen LogP contribution in [0.3, 0.4) is 0 Å². The average molecular weight is 364 g/mol. The van der Waals surface area contributed by atoms with Gasteiger partial charge in [-0.2, -0.15) is 0 Å². The summed E-state index contributed by atoms with van der Waals surface area (Å²) in [6.07, 6.45) is 8.47. The maximum absolute atomic E-state index is 11.5. The summed E-state index contributed by atoms with van der Waals surface area (Å²) >= 11 is 0. The largest absolute Gasteiger partial charge is 0.393 e. The number of hydrogen-bond acceptors (Lipinski definition) is 4. The van der Waals surface area contributed by atoms with Crippen LogP contribution >= 0.6 is 0 Å². The van der Waals surface area contributed by atoms with Gasteiger partial charge in [-0.3, -0.25) is 4.79 Å². The molecule has 0 radical (unpaired) electrons. The fraction of sp³-hybridized carbons (Fsp3) is 0.955. The summed E-state index contributed by atoms with van der Waals surface area (Å²) in [7, 11) is 0. The monoisotopic (exact) mass is 363 g/mol. The van der Waals surface area contributed by atoms with Gasteiger partial charge in [-0.05, 0) is 92.8 Å². The Balaban J connectivity index is 1.56. The molecule has 0 aliphatic heterocycles. The summed E-state index contributed by atoms with van der Waals surface area (Å²) in [5.74, 6) is 2.82. The van der Waals surface area contributed by atoms with E-state index >= 15 is 0 Å². The second kappa shape index (κ2) is 6.56. The molecule has 0 spiro atoms. The number of fused-ring (bicyclic) bond motifs is 5. The van der Waals surface area contributed by atoms with Gasteiger partial charge >= 0.3 is 0 Å². The molecule has 0 aromatic heterocycles.